The number of methoxy groups -OCH3 is 1. The Morgan fingerprint density at radius 2 is 1.92 bits per heavy atom. The maximum Gasteiger partial charge on any atom is 0.337 e. The molecule has 0 bridgehead atoms. The van der Waals surface area contributed by atoms with Gasteiger partial charge in [-0.3, -0.25) is 4.79 Å². The van der Waals surface area contributed by atoms with Crippen LogP contribution >= 0.6 is 23.2 Å². The third-order valence-corrected chi connectivity index (χ3v) is 4.07. The molecule has 0 fully saturated rings. The SMILES string of the molecule is COCC(=O)Oc1ccc2c(c1)O/C(=C\c1c(Cl)cccc1Cl)C2=O. The maximum atomic E-state index is 12.5. The van der Waals surface area contributed by atoms with E-state index in [1.54, 1.807) is 18.2 Å². The van der Waals surface area contributed by atoms with E-state index < -0.39 is 5.97 Å². The number of allylic oxidation sites excluding steroid dienone is 1. The first-order chi connectivity index (χ1) is 12.0. The molecule has 0 radical (unpaired) electrons. The fraction of sp³-hybridized carbons (Fsp3) is 0.111. The van der Waals surface area contributed by atoms with Crippen LogP contribution in [0.5, 0.6) is 11.5 Å². The van der Waals surface area contributed by atoms with Gasteiger partial charge in [-0.2, -0.15) is 0 Å². The van der Waals surface area contributed by atoms with Crippen LogP contribution in [0.2, 0.25) is 10.0 Å². The number of hydrogen-bond donors (Lipinski definition) is 0. The van der Waals surface area contributed by atoms with Crippen molar-refractivity contribution in [1.82, 2.24) is 0 Å². The largest absolute Gasteiger partial charge is 0.452 e. The summed E-state index contributed by atoms with van der Waals surface area (Å²) in [5.74, 6) is -0.218. The van der Waals surface area contributed by atoms with Gasteiger partial charge in [-0.05, 0) is 30.3 Å². The first-order valence-corrected chi connectivity index (χ1v) is 7.97. The Balaban J connectivity index is 1.88. The molecule has 128 valence electrons. The second-order valence-corrected chi connectivity index (χ2v) is 5.95. The average molecular weight is 379 g/mol. The van der Waals surface area contributed by atoms with Crippen molar-refractivity contribution >= 4 is 41.0 Å². The van der Waals surface area contributed by atoms with Gasteiger partial charge >= 0.3 is 5.97 Å². The van der Waals surface area contributed by atoms with Crippen LogP contribution in [-0.2, 0) is 9.53 Å². The number of carbonyl (C=O) groups excluding carboxylic acids is 2. The van der Waals surface area contributed by atoms with Gasteiger partial charge in [0.05, 0.1) is 5.56 Å². The summed E-state index contributed by atoms with van der Waals surface area (Å²) in [6, 6.07) is 9.55. The van der Waals surface area contributed by atoms with Gasteiger partial charge in [-0.1, -0.05) is 29.3 Å². The Morgan fingerprint density at radius 3 is 2.60 bits per heavy atom. The van der Waals surface area contributed by atoms with E-state index in [1.807, 2.05) is 0 Å². The first-order valence-electron chi connectivity index (χ1n) is 7.21. The van der Waals surface area contributed by atoms with Gasteiger partial charge in [-0.25, -0.2) is 4.79 Å². The van der Waals surface area contributed by atoms with E-state index in [1.165, 1.54) is 31.4 Å². The van der Waals surface area contributed by atoms with Crippen molar-refractivity contribution in [3.05, 3.63) is 63.3 Å². The van der Waals surface area contributed by atoms with Crippen molar-refractivity contribution in [2.24, 2.45) is 0 Å². The average Bonchev–Trinajstić information content (AvgIpc) is 2.87. The van der Waals surface area contributed by atoms with E-state index >= 15 is 0 Å². The fourth-order valence-corrected chi connectivity index (χ4v) is 2.80. The molecule has 0 spiro atoms. The van der Waals surface area contributed by atoms with Crippen molar-refractivity contribution in [3.63, 3.8) is 0 Å². The lowest BCUT2D eigenvalue weighted by atomic mass is 10.1. The molecule has 0 aromatic heterocycles. The zero-order chi connectivity index (χ0) is 18.0. The molecule has 1 aliphatic rings. The van der Waals surface area contributed by atoms with Gasteiger partial charge in [0.25, 0.3) is 0 Å². The van der Waals surface area contributed by atoms with Gasteiger partial charge in [0.15, 0.2) is 5.76 Å². The van der Waals surface area contributed by atoms with Crippen molar-refractivity contribution < 1.29 is 23.8 Å². The van der Waals surface area contributed by atoms with Gasteiger partial charge in [0.1, 0.15) is 18.1 Å². The molecule has 3 rings (SSSR count). The molecule has 0 atom stereocenters. The van der Waals surface area contributed by atoms with Crippen LogP contribution in [0.4, 0.5) is 0 Å². The molecule has 0 unspecified atom stereocenters. The second-order valence-electron chi connectivity index (χ2n) is 5.14. The third kappa shape index (κ3) is 3.69. The highest BCUT2D eigenvalue weighted by Crippen LogP contribution is 2.36. The second kappa shape index (κ2) is 7.27. The predicted molar refractivity (Wildman–Crippen MR) is 93.4 cm³/mol. The van der Waals surface area contributed by atoms with Crippen LogP contribution in [0.25, 0.3) is 6.08 Å². The molecular formula is C18H12Cl2O5. The molecule has 0 amide bonds. The monoisotopic (exact) mass is 378 g/mol. The fourth-order valence-electron chi connectivity index (χ4n) is 2.29. The Kier molecular flexibility index (Phi) is 5.08. The number of esters is 1. The van der Waals surface area contributed by atoms with Crippen LogP contribution in [0.15, 0.2) is 42.2 Å². The normalized spacial score (nSPS) is 14.4. The highest BCUT2D eigenvalue weighted by Gasteiger charge is 2.28. The van der Waals surface area contributed by atoms with Gasteiger partial charge in [0, 0.05) is 28.8 Å². The van der Waals surface area contributed by atoms with E-state index in [-0.39, 0.29) is 23.9 Å². The number of ether oxygens (including phenoxy) is 3. The Morgan fingerprint density at radius 1 is 1.20 bits per heavy atom. The smallest absolute Gasteiger partial charge is 0.337 e. The summed E-state index contributed by atoms with van der Waals surface area (Å²) in [5.41, 5.74) is 0.856. The zero-order valence-corrected chi connectivity index (χ0v) is 14.6. The Bertz CT molecular complexity index is 869. The quantitative estimate of drug-likeness (QED) is 0.454. The molecule has 5 nitrogen and oxygen atoms in total. The minimum atomic E-state index is -0.551. The number of carbonyl (C=O) groups is 2. The molecule has 0 N–H and O–H groups in total. The number of benzene rings is 2. The lowest BCUT2D eigenvalue weighted by Crippen LogP contribution is -2.14. The van der Waals surface area contributed by atoms with E-state index in [0.29, 0.717) is 26.9 Å². The lowest BCUT2D eigenvalue weighted by Gasteiger charge is -2.05. The zero-order valence-electron chi connectivity index (χ0n) is 13.0. The molecule has 25 heavy (non-hydrogen) atoms. The standard InChI is InChI=1S/C18H12Cl2O5/c1-23-9-17(21)24-10-5-6-11-15(7-10)25-16(18(11)22)8-12-13(19)3-2-4-14(12)20/h2-8H,9H2,1H3/b16-8-. The molecule has 1 heterocycles. The summed E-state index contributed by atoms with van der Waals surface area (Å²) < 4.78 is 15.4. The Hall–Kier alpha value is -2.34. The summed E-state index contributed by atoms with van der Waals surface area (Å²) in [7, 11) is 1.39. The van der Waals surface area contributed by atoms with Crippen LogP contribution in [0.3, 0.4) is 0 Å². The summed E-state index contributed by atoms with van der Waals surface area (Å²) in [4.78, 5) is 23.9. The minimum Gasteiger partial charge on any atom is -0.452 e. The number of hydrogen-bond acceptors (Lipinski definition) is 5. The topological polar surface area (TPSA) is 61.8 Å². The third-order valence-electron chi connectivity index (χ3n) is 3.41. The molecule has 0 saturated carbocycles. The minimum absolute atomic E-state index is 0.0883. The van der Waals surface area contributed by atoms with Crippen molar-refractivity contribution in [3.8, 4) is 11.5 Å². The van der Waals surface area contributed by atoms with E-state index in [2.05, 4.69) is 0 Å². The highest BCUT2D eigenvalue weighted by atomic mass is 35.5. The van der Waals surface area contributed by atoms with Crippen molar-refractivity contribution in [1.29, 1.82) is 0 Å². The summed E-state index contributed by atoms with van der Waals surface area (Å²) >= 11 is 12.2. The van der Waals surface area contributed by atoms with Gasteiger partial charge < -0.3 is 14.2 Å². The van der Waals surface area contributed by atoms with Crippen LogP contribution in [0, 0.1) is 0 Å². The lowest BCUT2D eigenvalue weighted by molar-refractivity contribution is -0.138. The van der Waals surface area contributed by atoms with Crippen LogP contribution in [0.1, 0.15) is 15.9 Å². The molecule has 7 heteroatoms. The number of ketones is 1. The maximum absolute atomic E-state index is 12.5. The molecule has 1 aliphatic heterocycles. The molecule has 2 aromatic rings. The number of Topliss-reactive ketones (excluding diaryl/α,β-unsaturated/α-hetero) is 1. The van der Waals surface area contributed by atoms with Gasteiger partial charge in [0.2, 0.25) is 5.78 Å². The van der Waals surface area contributed by atoms with Crippen molar-refractivity contribution in [2.75, 3.05) is 13.7 Å². The van der Waals surface area contributed by atoms with Crippen LogP contribution < -0.4 is 9.47 Å². The van der Waals surface area contributed by atoms with Crippen molar-refractivity contribution in [2.45, 2.75) is 0 Å². The summed E-state index contributed by atoms with van der Waals surface area (Å²) in [6.07, 6.45) is 1.49. The van der Waals surface area contributed by atoms with Crippen LogP contribution in [-0.4, -0.2) is 25.5 Å². The van der Waals surface area contributed by atoms with Gasteiger partial charge in [-0.15, -0.1) is 0 Å². The molecular weight excluding hydrogens is 367 g/mol. The highest BCUT2D eigenvalue weighted by molar-refractivity contribution is 6.37. The van der Waals surface area contributed by atoms with E-state index in [9.17, 15) is 9.59 Å². The summed E-state index contributed by atoms with van der Waals surface area (Å²) in [5, 5.41) is 0.808. The van der Waals surface area contributed by atoms with E-state index in [4.69, 9.17) is 37.4 Å². The predicted octanol–water partition coefficient (Wildman–Crippen LogP) is 4.16. The molecule has 0 saturated heterocycles. The summed E-state index contributed by atoms with van der Waals surface area (Å²) in [6.45, 7) is -0.174. The number of rotatable bonds is 4. The molecule has 2 aromatic carbocycles. The van der Waals surface area contributed by atoms with E-state index in [0.717, 1.165) is 0 Å². The Labute approximate surface area is 153 Å². The number of fused-ring (bicyclic) bond motifs is 1. The molecule has 0 aliphatic carbocycles. The number of halogens is 2. The first kappa shape index (κ1) is 17.5.